The van der Waals surface area contributed by atoms with Crippen LogP contribution in [-0.2, 0) is 4.79 Å². The predicted molar refractivity (Wildman–Crippen MR) is 86.0 cm³/mol. The Balaban J connectivity index is 2.46. The third-order valence-electron chi connectivity index (χ3n) is 2.49. The molecule has 1 heterocycles. The second-order valence-corrected chi connectivity index (χ2v) is 5.95. The molecule has 0 aliphatic carbocycles. The van der Waals surface area contributed by atoms with Crippen LogP contribution >= 0.6 is 43.5 Å². The minimum Gasteiger partial charge on any atom is -0.496 e. The Morgan fingerprint density at radius 3 is 2.75 bits per heavy atom. The minimum absolute atomic E-state index is 0.519. The Labute approximate surface area is 137 Å². The number of carbonyl (C=O) groups is 1. The maximum Gasteiger partial charge on any atom is 0.245 e. The van der Waals surface area contributed by atoms with Gasteiger partial charge >= 0.3 is 0 Å². The van der Waals surface area contributed by atoms with Crippen LogP contribution in [0.5, 0.6) is 5.75 Å². The number of methoxy groups -OCH3 is 1. The molecule has 0 aliphatic heterocycles. The molecule has 6 heteroatoms. The molecule has 0 aliphatic rings. The lowest BCUT2D eigenvalue weighted by molar-refractivity contribution is -0.107. The maximum absolute atomic E-state index is 10.7. The first-order chi connectivity index (χ1) is 9.51. The number of benzene rings is 1. The zero-order valence-corrected chi connectivity index (χ0v) is 14.3. The van der Waals surface area contributed by atoms with Gasteiger partial charge in [0, 0.05) is 10.5 Å². The highest BCUT2D eigenvalue weighted by Gasteiger charge is 2.15. The second-order valence-electron chi connectivity index (χ2n) is 3.81. The molecule has 1 aromatic heterocycles. The van der Waals surface area contributed by atoms with Gasteiger partial charge in [-0.25, -0.2) is 0 Å². The largest absolute Gasteiger partial charge is 0.496 e. The van der Waals surface area contributed by atoms with Crippen molar-refractivity contribution >= 4 is 54.8 Å². The van der Waals surface area contributed by atoms with Crippen molar-refractivity contribution in [2.24, 2.45) is 0 Å². The van der Waals surface area contributed by atoms with Gasteiger partial charge < -0.3 is 9.15 Å². The SMILES string of the molecule is COc1cc(Br)ccc1-c1oc(/C=C/C(=O)Cl)cc1Br. The summed E-state index contributed by atoms with van der Waals surface area (Å²) in [7, 11) is 1.59. The molecule has 1 aromatic carbocycles. The van der Waals surface area contributed by atoms with Gasteiger partial charge in [-0.15, -0.1) is 0 Å². The molecule has 0 unspecified atom stereocenters. The molecule has 0 saturated carbocycles. The molecule has 2 aromatic rings. The van der Waals surface area contributed by atoms with Crippen LogP contribution in [-0.4, -0.2) is 12.4 Å². The minimum atomic E-state index is -0.555. The fourth-order valence-electron chi connectivity index (χ4n) is 1.65. The highest BCUT2D eigenvalue weighted by atomic mass is 79.9. The van der Waals surface area contributed by atoms with E-state index in [1.807, 2.05) is 18.2 Å². The molecular weight excluding hydrogens is 411 g/mol. The predicted octanol–water partition coefficient (Wildman–Crippen LogP) is 5.26. The van der Waals surface area contributed by atoms with Crippen molar-refractivity contribution in [2.45, 2.75) is 0 Å². The summed E-state index contributed by atoms with van der Waals surface area (Å²) in [5.41, 5.74) is 0.805. The summed E-state index contributed by atoms with van der Waals surface area (Å²) in [6, 6.07) is 7.38. The summed E-state index contributed by atoms with van der Waals surface area (Å²) in [6.07, 6.45) is 2.74. The zero-order chi connectivity index (χ0) is 14.7. The van der Waals surface area contributed by atoms with Crippen LogP contribution in [0.2, 0.25) is 0 Å². The smallest absolute Gasteiger partial charge is 0.245 e. The molecule has 0 atom stereocenters. The van der Waals surface area contributed by atoms with E-state index in [-0.39, 0.29) is 0 Å². The monoisotopic (exact) mass is 418 g/mol. The fourth-order valence-corrected chi connectivity index (χ4v) is 2.58. The molecule has 0 radical (unpaired) electrons. The molecule has 0 saturated heterocycles. The lowest BCUT2D eigenvalue weighted by atomic mass is 10.1. The van der Waals surface area contributed by atoms with Gasteiger partial charge in [-0.2, -0.15) is 0 Å². The summed E-state index contributed by atoms with van der Waals surface area (Å²) in [5, 5.41) is -0.555. The van der Waals surface area contributed by atoms with Crippen molar-refractivity contribution in [2.75, 3.05) is 7.11 Å². The van der Waals surface area contributed by atoms with E-state index in [2.05, 4.69) is 31.9 Å². The molecule has 20 heavy (non-hydrogen) atoms. The zero-order valence-electron chi connectivity index (χ0n) is 10.3. The molecule has 0 bridgehead atoms. The van der Waals surface area contributed by atoms with Crippen molar-refractivity contribution in [1.29, 1.82) is 0 Å². The van der Waals surface area contributed by atoms with E-state index in [1.54, 1.807) is 13.2 Å². The molecule has 2 rings (SSSR count). The van der Waals surface area contributed by atoms with Crippen molar-refractivity contribution in [3.05, 3.63) is 45.0 Å². The number of hydrogen-bond acceptors (Lipinski definition) is 3. The summed E-state index contributed by atoms with van der Waals surface area (Å²) >= 11 is 12.1. The van der Waals surface area contributed by atoms with Gasteiger partial charge in [-0.1, -0.05) is 15.9 Å². The Morgan fingerprint density at radius 2 is 2.10 bits per heavy atom. The quantitative estimate of drug-likeness (QED) is 0.500. The number of furan rings is 1. The van der Waals surface area contributed by atoms with Crippen molar-refractivity contribution < 1.29 is 13.9 Å². The third-order valence-corrected chi connectivity index (χ3v) is 3.70. The molecule has 104 valence electrons. The van der Waals surface area contributed by atoms with Gasteiger partial charge in [-0.3, -0.25) is 4.79 Å². The average molecular weight is 420 g/mol. The van der Waals surface area contributed by atoms with Crippen LogP contribution in [0.15, 0.2) is 43.7 Å². The molecule has 0 N–H and O–H groups in total. The first-order valence-corrected chi connectivity index (χ1v) is 7.48. The average Bonchev–Trinajstić information content (AvgIpc) is 2.77. The lowest BCUT2D eigenvalue weighted by Crippen LogP contribution is -1.87. The van der Waals surface area contributed by atoms with E-state index in [0.717, 1.165) is 14.5 Å². The number of ether oxygens (including phenoxy) is 1. The van der Waals surface area contributed by atoms with E-state index >= 15 is 0 Å². The van der Waals surface area contributed by atoms with E-state index in [9.17, 15) is 4.79 Å². The Kier molecular flexibility index (Phi) is 5.07. The van der Waals surface area contributed by atoms with E-state index < -0.39 is 5.24 Å². The topological polar surface area (TPSA) is 39.4 Å². The Hall–Kier alpha value is -1.04. The normalized spacial score (nSPS) is 11.0. The molecular formula is C14H9Br2ClO3. The van der Waals surface area contributed by atoms with E-state index in [1.165, 1.54) is 12.2 Å². The number of carbonyl (C=O) groups excluding carboxylic acids is 1. The number of allylic oxidation sites excluding steroid dienone is 1. The molecule has 3 nitrogen and oxygen atoms in total. The fraction of sp³-hybridized carbons (Fsp3) is 0.0714. The van der Waals surface area contributed by atoms with Gasteiger partial charge in [0.1, 0.15) is 11.5 Å². The summed E-state index contributed by atoms with van der Waals surface area (Å²) in [5.74, 6) is 1.82. The molecule has 0 fully saturated rings. The standard InChI is InChI=1S/C14H9Br2ClO3/c1-19-12-6-8(15)2-4-10(12)14-11(16)7-9(20-14)3-5-13(17)18/h2-7H,1H3/b5-3+. The summed E-state index contributed by atoms with van der Waals surface area (Å²) in [4.78, 5) is 10.7. The van der Waals surface area contributed by atoms with Crippen molar-refractivity contribution in [3.63, 3.8) is 0 Å². The van der Waals surface area contributed by atoms with Gasteiger partial charge in [-0.05, 0) is 57.9 Å². The summed E-state index contributed by atoms with van der Waals surface area (Å²) in [6.45, 7) is 0. The molecule has 0 spiro atoms. The van der Waals surface area contributed by atoms with Crippen LogP contribution in [0.3, 0.4) is 0 Å². The van der Waals surface area contributed by atoms with E-state index in [0.29, 0.717) is 17.3 Å². The second kappa shape index (κ2) is 6.61. The van der Waals surface area contributed by atoms with Crippen LogP contribution in [0.4, 0.5) is 0 Å². The third kappa shape index (κ3) is 3.53. The summed E-state index contributed by atoms with van der Waals surface area (Å²) < 4.78 is 12.7. The van der Waals surface area contributed by atoms with Gasteiger partial charge in [0.25, 0.3) is 0 Å². The van der Waals surface area contributed by atoms with Gasteiger partial charge in [0.15, 0.2) is 5.76 Å². The number of rotatable bonds is 4. The lowest BCUT2D eigenvalue weighted by Gasteiger charge is -2.07. The number of halogens is 3. The first kappa shape index (κ1) is 15.4. The maximum atomic E-state index is 10.7. The van der Waals surface area contributed by atoms with Crippen LogP contribution < -0.4 is 4.74 Å². The molecule has 0 amide bonds. The van der Waals surface area contributed by atoms with Crippen LogP contribution in [0.25, 0.3) is 17.4 Å². The Bertz CT molecular complexity index is 677. The Morgan fingerprint density at radius 1 is 1.35 bits per heavy atom. The van der Waals surface area contributed by atoms with Crippen molar-refractivity contribution in [1.82, 2.24) is 0 Å². The highest BCUT2D eigenvalue weighted by Crippen LogP contribution is 2.38. The number of hydrogen-bond donors (Lipinski definition) is 0. The van der Waals surface area contributed by atoms with Crippen LogP contribution in [0, 0.1) is 0 Å². The van der Waals surface area contributed by atoms with Crippen molar-refractivity contribution in [3.8, 4) is 17.1 Å². The van der Waals surface area contributed by atoms with Gasteiger partial charge in [0.2, 0.25) is 5.24 Å². The first-order valence-electron chi connectivity index (χ1n) is 5.52. The van der Waals surface area contributed by atoms with E-state index in [4.69, 9.17) is 20.8 Å². The van der Waals surface area contributed by atoms with Gasteiger partial charge in [0.05, 0.1) is 17.1 Å². The van der Waals surface area contributed by atoms with Crippen LogP contribution in [0.1, 0.15) is 5.76 Å². The highest BCUT2D eigenvalue weighted by molar-refractivity contribution is 9.10.